The molecule has 5 heteroatoms. The monoisotopic (exact) mass is 305 g/mol. The number of hydrogen-bond acceptors (Lipinski definition) is 3. The highest BCUT2D eigenvalue weighted by atomic mass is 32.2. The van der Waals surface area contributed by atoms with Crippen molar-refractivity contribution in [3.8, 4) is 5.75 Å². The second-order valence-electron chi connectivity index (χ2n) is 5.04. The Morgan fingerprint density at radius 2 is 1.67 bits per heavy atom. The predicted molar refractivity (Wildman–Crippen MR) is 83.6 cm³/mol. The SMILES string of the molecule is CC(CS(=O)(=O)NCc1ccccc1O)c1ccccc1. The summed E-state index contributed by atoms with van der Waals surface area (Å²) in [5, 5.41) is 9.63. The van der Waals surface area contributed by atoms with Crippen molar-refractivity contribution in [2.75, 3.05) is 5.75 Å². The molecule has 2 rings (SSSR count). The molecule has 0 aromatic heterocycles. The Kier molecular flexibility index (Phi) is 4.98. The lowest BCUT2D eigenvalue weighted by Gasteiger charge is -2.13. The first kappa shape index (κ1) is 15.5. The van der Waals surface area contributed by atoms with Gasteiger partial charge in [0.1, 0.15) is 5.75 Å². The van der Waals surface area contributed by atoms with Crippen molar-refractivity contribution in [3.05, 3.63) is 65.7 Å². The molecule has 0 amide bonds. The summed E-state index contributed by atoms with van der Waals surface area (Å²) in [7, 11) is -3.41. The van der Waals surface area contributed by atoms with Crippen molar-refractivity contribution >= 4 is 10.0 Å². The van der Waals surface area contributed by atoms with E-state index in [4.69, 9.17) is 0 Å². The van der Waals surface area contributed by atoms with Crippen LogP contribution in [0, 0.1) is 0 Å². The van der Waals surface area contributed by atoms with Gasteiger partial charge in [-0.25, -0.2) is 13.1 Å². The summed E-state index contributed by atoms with van der Waals surface area (Å²) >= 11 is 0. The minimum absolute atomic E-state index is 0.0185. The molecule has 0 fully saturated rings. The number of phenols is 1. The first-order chi connectivity index (χ1) is 9.98. The smallest absolute Gasteiger partial charge is 0.212 e. The molecule has 1 atom stereocenters. The van der Waals surface area contributed by atoms with E-state index in [9.17, 15) is 13.5 Å². The average Bonchev–Trinajstić information content (AvgIpc) is 2.47. The summed E-state index contributed by atoms with van der Waals surface area (Å²) < 4.78 is 26.7. The standard InChI is InChI=1S/C16H19NO3S/c1-13(14-7-3-2-4-8-14)12-21(19,20)17-11-15-9-5-6-10-16(15)18/h2-10,13,17-18H,11-12H2,1H3. The van der Waals surface area contributed by atoms with Crippen LogP contribution in [0.15, 0.2) is 54.6 Å². The molecule has 0 heterocycles. The van der Waals surface area contributed by atoms with E-state index in [0.717, 1.165) is 5.56 Å². The van der Waals surface area contributed by atoms with E-state index in [-0.39, 0.29) is 24.0 Å². The van der Waals surface area contributed by atoms with Gasteiger partial charge in [-0.1, -0.05) is 55.5 Å². The maximum atomic E-state index is 12.1. The van der Waals surface area contributed by atoms with Crippen molar-refractivity contribution < 1.29 is 13.5 Å². The summed E-state index contributed by atoms with van der Waals surface area (Å²) in [5.41, 5.74) is 1.55. The van der Waals surface area contributed by atoms with Crippen LogP contribution < -0.4 is 4.72 Å². The largest absolute Gasteiger partial charge is 0.508 e. The molecule has 0 saturated carbocycles. The van der Waals surface area contributed by atoms with Gasteiger partial charge in [0.15, 0.2) is 0 Å². The lowest BCUT2D eigenvalue weighted by Crippen LogP contribution is -2.28. The summed E-state index contributed by atoms with van der Waals surface area (Å²) in [5.74, 6) is 0.0225. The van der Waals surface area contributed by atoms with Crippen LogP contribution >= 0.6 is 0 Å². The molecule has 0 aliphatic rings. The average molecular weight is 305 g/mol. The third-order valence-electron chi connectivity index (χ3n) is 3.31. The van der Waals surface area contributed by atoms with Gasteiger partial charge in [-0.15, -0.1) is 0 Å². The maximum absolute atomic E-state index is 12.1. The molecule has 2 N–H and O–H groups in total. The molecule has 0 spiro atoms. The topological polar surface area (TPSA) is 66.4 Å². The zero-order valence-electron chi connectivity index (χ0n) is 11.9. The van der Waals surface area contributed by atoms with Crippen LogP contribution in [0.4, 0.5) is 0 Å². The molecule has 0 aliphatic carbocycles. The Labute approximate surface area is 125 Å². The van der Waals surface area contributed by atoms with Gasteiger partial charge in [0.05, 0.1) is 5.75 Å². The van der Waals surface area contributed by atoms with E-state index in [1.54, 1.807) is 18.2 Å². The lowest BCUT2D eigenvalue weighted by atomic mass is 10.0. The van der Waals surface area contributed by atoms with Crippen LogP contribution in [-0.4, -0.2) is 19.3 Å². The summed E-state index contributed by atoms with van der Waals surface area (Å²) in [6, 6.07) is 16.2. The summed E-state index contributed by atoms with van der Waals surface area (Å²) in [6.07, 6.45) is 0. The van der Waals surface area contributed by atoms with E-state index in [2.05, 4.69) is 4.72 Å². The Balaban J connectivity index is 1.98. The van der Waals surface area contributed by atoms with Crippen molar-refractivity contribution in [1.29, 1.82) is 0 Å². The molecule has 21 heavy (non-hydrogen) atoms. The fourth-order valence-corrected chi connectivity index (χ4v) is 3.46. The van der Waals surface area contributed by atoms with Gasteiger partial charge in [-0.05, 0) is 17.5 Å². The number of benzene rings is 2. The Morgan fingerprint density at radius 3 is 2.33 bits per heavy atom. The molecule has 4 nitrogen and oxygen atoms in total. The lowest BCUT2D eigenvalue weighted by molar-refractivity contribution is 0.467. The molecule has 0 bridgehead atoms. The highest BCUT2D eigenvalue weighted by Crippen LogP contribution is 2.18. The number of phenolic OH excluding ortho intramolecular Hbond substituents is 1. The molecule has 0 aliphatic heterocycles. The van der Waals surface area contributed by atoms with Crippen molar-refractivity contribution in [1.82, 2.24) is 4.72 Å². The van der Waals surface area contributed by atoms with E-state index in [0.29, 0.717) is 5.56 Å². The molecule has 1 unspecified atom stereocenters. The summed E-state index contributed by atoms with van der Waals surface area (Å²) in [4.78, 5) is 0. The molecular weight excluding hydrogens is 286 g/mol. The minimum atomic E-state index is -3.41. The van der Waals surface area contributed by atoms with Crippen molar-refractivity contribution in [2.45, 2.75) is 19.4 Å². The van der Waals surface area contributed by atoms with Gasteiger partial charge in [0, 0.05) is 12.1 Å². The van der Waals surface area contributed by atoms with Gasteiger partial charge >= 0.3 is 0 Å². The van der Waals surface area contributed by atoms with E-state index >= 15 is 0 Å². The fourth-order valence-electron chi connectivity index (χ4n) is 2.11. The first-order valence-corrected chi connectivity index (χ1v) is 8.42. The van der Waals surface area contributed by atoms with Gasteiger partial charge in [-0.3, -0.25) is 0 Å². The van der Waals surface area contributed by atoms with Crippen LogP contribution in [-0.2, 0) is 16.6 Å². The Morgan fingerprint density at radius 1 is 1.05 bits per heavy atom. The summed E-state index contributed by atoms with van der Waals surface area (Å²) in [6.45, 7) is 1.98. The molecule has 112 valence electrons. The zero-order chi connectivity index (χ0) is 15.3. The molecule has 0 radical (unpaired) electrons. The van der Waals surface area contributed by atoms with Crippen molar-refractivity contribution in [3.63, 3.8) is 0 Å². The number of hydrogen-bond donors (Lipinski definition) is 2. The molecule has 2 aromatic carbocycles. The molecule has 0 saturated heterocycles. The number of rotatable bonds is 6. The van der Waals surface area contributed by atoms with Crippen LogP contribution in [0.5, 0.6) is 5.75 Å². The first-order valence-electron chi connectivity index (χ1n) is 6.77. The number of aromatic hydroxyl groups is 1. The number of nitrogens with one attached hydrogen (secondary N) is 1. The molecular formula is C16H19NO3S. The highest BCUT2D eigenvalue weighted by molar-refractivity contribution is 7.89. The van der Waals surface area contributed by atoms with Crippen LogP contribution in [0.1, 0.15) is 24.0 Å². The van der Waals surface area contributed by atoms with Crippen molar-refractivity contribution in [2.24, 2.45) is 0 Å². The third-order valence-corrected chi connectivity index (χ3v) is 4.84. The second-order valence-corrected chi connectivity index (χ2v) is 6.89. The zero-order valence-corrected chi connectivity index (χ0v) is 12.7. The normalized spacial score (nSPS) is 13.0. The second kappa shape index (κ2) is 6.74. The van der Waals surface area contributed by atoms with E-state index in [1.165, 1.54) is 6.07 Å². The van der Waals surface area contributed by atoms with Gasteiger partial charge in [0.2, 0.25) is 10.0 Å². The molecule has 2 aromatic rings. The predicted octanol–water partition coefficient (Wildman–Crippen LogP) is 2.62. The van der Waals surface area contributed by atoms with Crippen LogP contribution in [0.2, 0.25) is 0 Å². The quantitative estimate of drug-likeness (QED) is 0.862. The van der Waals surface area contributed by atoms with E-state index < -0.39 is 10.0 Å². The number of para-hydroxylation sites is 1. The Bertz CT molecular complexity index is 684. The Hall–Kier alpha value is -1.85. The van der Waals surface area contributed by atoms with Gasteiger partial charge < -0.3 is 5.11 Å². The van der Waals surface area contributed by atoms with E-state index in [1.807, 2.05) is 37.3 Å². The number of sulfonamides is 1. The third kappa shape index (κ3) is 4.58. The fraction of sp³-hybridized carbons (Fsp3) is 0.250. The minimum Gasteiger partial charge on any atom is -0.508 e. The van der Waals surface area contributed by atoms with Crippen LogP contribution in [0.25, 0.3) is 0 Å². The highest BCUT2D eigenvalue weighted by Gasteiger charge is 2.17. The van der Waals surface area contributed by atoms with Gasteiger partial charge in [-0.2, -0.15) is 0 Å². The maximum Gasteiger partial charge on any atom is 0.212 e. The van der Waals surface area contributed by atoms with Gasteiger partial charge in [0.25, 0.3) is 0 Å². The van der Waals surface area contributed by atoms with Crippen LogP contribution in [0.3, 0.4) is 0 Å².